The Hall–Kier alpha value is -2.69. The number of halogens is 1. The van der Waals surface area contributed by atoms with Gasteiger partial charge in [-0.05, 0) is 63.6 Å². The third kappa shape index (κ3) is 8.10. The molecule has 0 aliphatic carbocycles. The van der Waals surface area contributed by atoms with E-state index in [-0.39, 0.29) is 18.2 Å². The molecule has 2 rings (SSSR count). The van der Waals surface area contributed by atoms with Crippen molar-refractivity contribution >= 4 is 11.9 Å². The van der Waals surface area contributed by atoms with E-state index in [2.05, 4.69) is 0 Å². The van der Waals surface area contributed by atoms with Crippen molar-refractivity contribution in [2.24, 2.45) is 11.8 Å². The molecule has 0 bridgehead atoms. The quantitative estimate of drug-likeness (QED) is 0.395. The third-order valence-corrected chi connectivity index (χ3v) is 5.48. The number of carboxylic acids is 1. The lowest BCUT2D eigenvalue weighted by molar-refractivity contribution is -0.161. The number of benzene rings is 2. The van der Waals surface area contributed by atoms with Crippen LogP contribution in [0.25, 0.3) is 11.1 Å². The fourth-order valence-corrected chi connectivity index (χ4v) is 3.74. The van der Waals surface area contributed by atoms with E-state index in [1.807, 2.05) is 52.0 Å². The number of esters is 1. The summed E-state index contributed by atoms with van der Waals surface area (Å²) < 4.78 is 19.5. The standard InChI is InChI=1S/C27H35FO4/c1-5-6-9-22(26(31)32-27(2,3)4)18-21(25(29)30)17-14-19-12-15-20(16-13-19)23-10-7-8-11-24(23)28/h7-8,10-13,15-16,21-22H,5-6,9,14,17-18H2,1-4H3,(H,29,30)/t21-,22+/m1/s1. The van der Waals surface area contributed by atoms with Gasteiger partial charge in [0, 0.05) is 5.56 Å². The smallest absolute Gasteiger partial charge is 0.309 e. The van der Waals surface area contributed by atoms with E-state index < -0.39 is 23.4 Å². The lowest BCUT2D eigenvalue weighted by atomic mass is 9.86. The minimum Gasteiger partial charge on any atom is -0.481 e. The van der Waals surface area contributed by atoms with E-state index >= 15 is 0 Å². The van der Waals surface area contributed by atoms with Gasteiger partial charge in [-0.25, -0.2) is 4.39 Å². The van der Waals surface area contributed by atoms with Crippen LogP contribution in [-0.2, 0) is 20.7 Å². The summed E-state index contributed by atoms with van der Waals surface area (Å²) >= 11 is 0. The number of ether oxygens (including phenoxy) is 1. The number of carbonyl (C=O) groups excluding carboxylic acids is 1. The fourth-order valence-electron chi connectivity index (χ4n) is 3.74. The Morgan fingerprint density at radius 3 is 2.22 bits per heavy atom. The molecule has 0 aromatic heterocycles. The average Bonchev–Trinajstić information content (AvgIpc) is 2.72. The van der Waals surface area contributed by atoms with Crippen molar-refractivity contribution in [3.05, 3.63) is 59.9 Å². The SMILES string of the molecule is CCCC[C@@H](C[C@@H](CCc1ccc(-c2ccccc2F)cc1)C(=O)O)C(=O)OC(C)(C)C. The molecule has 0 radical (unpaired) electrons. The van der Waals surface area contributed by atoms with Gasteiger partial charge in [-0.1, -0.05) is 62.2 Å². The lowest BCUT2D eigenvalue weighted by Gasteiger charge is -2.25. The Morgan fingerprint density at radius 2 is 1.66 bits per heavy atom. The van der Waals surface area contributed by atoms with E-state index in [4.69, 9.17) is 4.74 Å². The molecule has 1 N–H and O–H groups in total. The van der Waals surface area contributed by atoms with Crippen molar-refractivity contribution in [2.45, 2.75) is 71.8 Å². The average molecular weight is 443 g/mol. The summed E-state index contributed by atoms with van der Waals surface area (Å²) in [5.41, 5.74) is 1.71. The van der Waals surface area contributed by atoms with Crippen LogP contribution in [0.3, 0.4) is 0 Å². The predicted molar refractivity (Wildman–Crippen MR) is 125 cm³/mol. The summed E-state index contributed by atoms with van der Waals surface area (Å²) in [6.07, 6.45) is 3.70. The maximum absolute atomic E-state index is 14.0. The van der Waals surface area contributed by atoms with Gasteiger partial charge in [0.05, 0.1) is 11.8 Å². The first-order valence-corrected chi connectivity index (χ1v) is 11.4. The Kier molecular flexibility index (Phi) is 9.42. The van der Waals surface area contributed by atoms with Gasteiger partial charge in [0.25, 0.3) is 0 Å². The van der Waals surface area contributed by atoms with Gasteiger partial charge in [-0.2, -0.15) is 0 Å². The number of hydrogen-bond acceptors (Lipinski definition) is 3. The number of hydrogen-bond donors (Lipinski definition) is 1. The lowest BCUT2D eigenvalue weighted by Crippen LogP contribution is -2.31. The van der Waals surface area contributed by atoms with Crippen LogP contribution in [0.1, 0.15) is 65.4 Å². The number of aliphatic carboxylic acids is 1. The number of carboxylic acid groups (broad SMARTS) is 1. The molecular weight excluding hydrogens is 407 g/mol. The van der Waals surface area contributed by atoms with Gasteiger partial charge < -0.3 is 9.84 Å². The van der Waals surface area contributed by atoms with Crippen LogP contribution in [0.4, 0.5) is 4.39 Å². The summed E-state index contributed by atoms with van der Waals surface area (Å²) in [6.45, 7) is 7.51. The molecule has 0 saturated heterocycles. The minimum atomic E-state index is -0.891. The van der Waals surface area contributed by atoms with Crippen LogP contribution in [0.5, 0.6) is 0 Å². The van der Waals surface area contributed by atoms with E-state index in [0.717, 1.165) is 24.0 Å². The topological polar surface area (TPSA) is 63.6 Å². The van der Waals surface area contributed by atoms with Gasteiger partial charge in [-0.3, -0.25) is 9.59 Å². The van der Waals surface area contributed by atoms with Gasteiger partial charge in [0.15, 0.2) is 0 Å². The summed E-state index contributed by atoms with van der Waals surface area (Å²) in [7, 11) is 0. The first-order chi connectivity index (χ1) is 15.1. The molecule has 5 heteroatoms. The zero-order chi connectivity index (χ0) is 23.7. The molecule has 0 saturated carbocycles. The maximum atomic E-state index is 14.0. The van der Waals surface area contributed by atoms with Gasteiger partial charge >= 0.3 is 11.9 Å². The van der Waals surface area contributed by atoms with Crippen LogP contribution < -0.4 is 0 Å². The Bertz CT molecular complexity index is 883. The van der Waals surface area contributed by atoms with E-state index in [9.17, 15) is 19.1 Å². The Labute approximate surface area is 190 Å². The fraction of sp³-hybridized carbons (Fsp3) is 0.481. The monoisotopic (exact) mass is 442 g/mol. The van der Waals surface area contributed by atoms with Gasteiger partial charge in [-0.15, -0.1) is 0 Å². The normalized spacial score (nSPS) is 13.4. The van der Waals surface area contributed by atoms with E-state index in [0.29, 0.717) is 24.8 Å². The summed E-state index contributed by atoms with van der Waals surface area (Å²) in [4.78, 5) is 24.6. The molecule has 0 heterocycles. The predicted octanol–water partition coefficient (Wildman–Crippen LogP) is 6.66. The highest BCUT2D eigenvalue weighted by Gasteiger charge is 2.30. The molecule has 4 nitrogen and oxygen atoms in total. The van der Waals surface area contributed by atoms with Crippen LogP contribution in [0.15, 0.2) is 48.5 Å². The molecule has 0 aliphatic heterocycles. The third-order valence-electron chi connectivity index (χ3n) is 5.48. The molecule has 0 amide bonds. The zero-order valence-electron chi connectivity index (χ0n) is 19.6. The molecular formula is C27H35FO4. The van der Waals surface area contributed by atoms with Crippen LogP contribution >= 0.6 is 0 Å². The zero-order valence-corrected chi connectivity index (χ0v) is 19.6. The maximum Gasteiger partial charge on any atom is 0.309 e. The van der Waals surface area contributed by atoms with Crippen molar-refractivity contribution in [3.63, 3.8) is 0 Å². The molecule has 2 aromatic rings. The van der Waals surface area contributed by atoms with Gasteiger partial charge in [0.1, 0.15) is 11.4 Å². The van der Waals surface area contributed by atoms with Crippen molar-refractivity contribution < 1.29 is 23.8 Å². The number of unbranched alkanes of at least 4 members (excludes halogenated alkanes) is 1. The van der Waals surface area contributed by atoms with Crippen LogP contribution in [0, 0.1) is 17.7 Å². The van der Waals surface area contributed by atoms with E-state index in [1.165, 1.54) is 6.07 Å². The second kappa shape index (κ2) is 11.8. The van der Waals surface area contributed by atoms with Crippen molar-refractivity contribution in [3.8, 4) is 11.1 Å². The first kappa shape index (κ1) is 25.6. The first-order valence-electron chi connectivity index (χ1n) is 11.4. The van der Waals surface area contributed by atoms with Crippen LogP contribution in [-0.4, -0.2) is 22.6 Å². The largest absolute Gasteiger partial charge is 0.481 e. The van der Waals surface area contributed by atoms with Crippen molar-refractivity contribution in [1.29, 1.82) is 0 Å². The Morgan fingerprint density at radius 1 is 1.00 bits per heavy atom. The molecule has 0 fully saturated rings. The molecule has 32 heavy (non-hydrogen) atoms. The van der Waals surface area contributed by atoms with Crippen molar-refractivity contribution in [2.75, 3.05) is 0 Å². The minimum absolute atomic E-state index is 0.272. The van der Waals surface area contributed by atoms with Crippen LogP contribution in [0.2, 0.25) is 0 Å². The second-order valence-corrected chi connectivity index (χ2v) is 9.36. The highest BCUT2D eigenvalue weighted by molar-refractivity contribution is 5.75. The number of carbonyl (C=O) groups is 2. The Balaban J connectivity index is 2.04. The molecule has 2 atom stereocenters. The molecule has 2 aromatic carbocycles. The van der Waals surface area contributed by atoms with E-state index in [1.54, 1.807) is 18.2 Å². The molecule has 0 aliphatic rings. The number of rotatable bonds is 11. The molecule has 0 unspecified atom stereocenters. The summed E-state index contributed by atoms with van der Waals surface area (Å²) in [5.74, 6) is -2.52. The number of aryl methyl sites for hydroxylation is 1. The molecule has 174 valence electrons. The second-order valence-electron chi connectivity index (χ2n) is 9.36. The van der Waals surface area contributed by atoms with Gasteiger partial charge in [0.2, 0.25) is 0 Å². The summed E-state index contributed by atoms with van der Waals surface area (Å²) in [6, 6.07) is 14.1. The highest BCUT2D eigenvalue weighted by atomic mass is 19.1. The van der Waals surface area contributed by atoms with Crippen molar-refractivity contribution in [1.82, 2.24) is 0 Å². The highest BCUT2D eigenvalue weighted by Crippen LogP contribution is 2.27. The summed E-state index contributed by atoms with van der Waals surface area (Å²) in [5, 5.41) is 9.77. The molecule has 0 spiro atoms.